The maximum Gasteiger partial charge on any atom is 0.255 e. The third kappa shape index (κ3) is 6.53. The molecule has 0 bridgehead atoms. The molecular weight excluding hydrogens is 416 g/mol. The lowest BCUT2D eigenvalue weighted by Gasteiger charge is -2.31. The minimum atomic E-state index is -1.84. The van der Waals surface area contributed by atoms with Crippen LogP contribution in [0.3, 0.4) is 0 Å². The summed E-state index contributed by atoms with van der Waals surface area (Å²) in [7, 11) is 0. The van der Waals surface area contributed by atoms with Crippen molar-refractivity contribution in [3.05, 3.63) is 76.9 Å². The first kappa shape index (κ1) is 24.7. The largest absolute Gasteiger partial charge is 0.380 e. The Kier molecular flexibility index (Phi) is 7.72. The first-order chi connectivity index (χ1) is 15.5. The van der Waals surface area contributed by atoms with Crippen molar-refractivity contribution >= 4 is 17.9 Å². The van der Waals surface area contributed by atoms with E-state index in [0.717, 1.165) is 16.7 Å². The Labute approximate surface area is 195 Å². The molecule has 6 heteroatoms. The van der Waals surface area contributed by atoms with E-state index >= 15 is 0 Å². The first-order valence-electron chi connectivity index (χ1n) is 11.4. The van der Waals surface area contributed by atoms with Crippen LogP contribution in [0.2, 0.25) is 0 Å². The van der Waals surface area contributed by atoms with Crippen molar-refractivity contribution in [2.75, 3.05) is 6.54 Å². The minimum absolute atomic E-state index is 0.0892. The summed E-state index contributed by atoms with van der Waals surface area (Å²) in [6.07, 6.45) is 1.20. The third-order valence-electron chi connectivity index (χ3n) is 5.83. The van der Waals surface area contributed by atoms with E-state index in [1.807, 2.05) is 48.5 Å². The van der Waals surface area contributed by atoms with Gasteiger partial charge in [-0.2, -0.15) is 0 Å². The molecule has 3 rings (SSSR count). The number of nitrogens with zero attached hydrogens (tertiary/aromatic N) is 1. The molecule has 0 aromatic heterocycles. The van der Waals surface area contributed by atoms with E-state index in [2.05, 4.69) is 38.2 Å². The Hall–Kier alpha value is -2.96. The van der Waals surface area contributed by atoms with Gasteiger partial charge in [0, 0.05) is 13.1 Å². The zero-order valence-corrected chi connectivity index (χ0v) is 19.8. The van der Waals surface area contributed by atoms with E-state index in [1.54, 1.807) is 6.92 Å². The molecule has 0 saturated carbocycles. The molecule has 3 atom stereocenters. The molecule has 2 amide bonds. The number of benzene rings is 2. The van der Waals surface area contributed by atoms with E-state index in [-0.39, 0.29) is 5.41 Å². The second-order valence-electron chi connectivity index (χ2n) is 9.76. The highest BCUT2D eigenvalue weighted by molar-refractivity contribution is 5.91. The number of hydrogen-bond acceptors (Lipinski definition) is 4. The summed E-state index contributed by atoms with van der Waals surface area (Å²) < 4.78 is 0. The zero-order valence-electron chi connectivity index (χ0n) is 19.8. The van der Waals surface area contributed by atoms with Gasteiger partial charge in [-0.1, -0.05) is 81.5 Å². The molecule has 1 aliphatic rings. The van der Waals surface area contributed by atoms with Crippen molar-refractivity contribution in [3.63, 3.8) is 0 Å². The van der Waals surface area contributed by atoms with Gasteiger partial charge in [0.05, 0.1) is 6.04 Å². The fraction of sp³-hybridized carbons (Fsp3) is 0.407. The van der Waals surface area contributed by atoms with Crippen LogP contribution in [0.25, 0.3) is 6.08 Å². The number of nitrogens with one attached hydrogen (secondary N) is 1. The molecule has 0 aliphatic carbocycles. The predicted octanol–water partition coefficient (Wildman–Crippen LogP) is 3.23. The molecule has 1 aliphatic heterocycles. The summed E-state index contributed by atoms with van der Waals surface area (Å²) >= 11 is 0. The van der Waals surface area contributed by atoms with Gasteiger partial charge in [0.1, 0.15) is 0 Å². The Morgan fingerprint density at radius 1 is 1.00 bits per heavy atom. The van der Waals surface area contributed by atoms with Gasteiger partial charge < -0.3 is 20.4 Å². The number of carbonyl (C=O) groups excluding carboxylic acids is 2. The van der Waals surface area contributed by atoms with Crippen molar-refractivity contribution in [2.24, 2.45) is 5.41 Å². The topological polar surface area (TPSA) is 89.9 Å². The maximum absolute atomic E-state index is 12.7. The molecule has 1 heterocycles. The fourth-order valence-corrected chi connectivity index (χ4v) is 3.77. The smallest absolute Gasteiger partial charge is 0.255 e. The summed E-state index contributed by atoms with van der Waals surface area (Å²) in [5, 5.41) is 23.4. The lowest BCUT2D eigenvalue weighted by molar-refractivity contribution is -0.154. The van der Waals surface area contributed by atoms with E-state index in [1.165, 1.54) is 10.5 Å². The van der Waals surface area contributed by atoms with Gasteiger partial charge in [0.25, 0.3) is 11.8 Å². The fourth-order valence-electron chi connectivity index (χ4n) is 3.77. The van der Waals surface area contributed by atoms with Gasteiger partial charge in [-0.05, 0) is 41.0 Å². The van der Waals surface area contributed by atoms with Gasteiger partial charge in [-0.25, -0.2) is 0 Å². The highest BCUT2D eigenvalue weighted by atomic mass is 16.3. The molecule has 0 unspecified atom stereocenters. The van der Waals surface area contributed by atoms with Crippen molar-refractivity contribution < 1.29 is 19.8 Å². The summed E-state index contributed by atoms with van der Waals surface area (Å²) in [4.78, 5) is 26.7. The predicted molar refractivity (Wildman–Crippen MR) is 129 cm³/mol. The number of rotatable bonds is 6. The molecule has 33 heavy (non-hydrogen) atoms. The van der Waals surface area contributed by atoms with Crippen molar-refractivity contribution in [1.82, 2.24) is 10.2 Å². The average molecular weight is 451 g/mol. The van der Waals surface area contributed by atoms with Crippen LogP contribution < -0.4 is 5.32 Å². The third-order valence-corrected chi connectivity index (χ3v) is 5.83. The van der Waals surface area contributed by atoms with Crippen LogP contribution in [-0.4, -0.2) is 45.7 Å². The van der Waals surface area contributed by atoms with Crippen LogP contribution in [-0.2, 0) is 22.6 Å². The molecule has 6 nitrogen and oxygen atoms in total. The van der Waals surface area contributed by atoms with Gasteiger partial charge in [0.15, 0.2) is 12.2 Å². The van der Waals surface area contributed by atoms with E-state index in [9.17, 15) is 19.8 Å². The molecule has 0 radical (unpaired) electrons. The second-order valence-corrected chi connectivity index (χ2v) is 9.76. The van der Waals surface area contributed by atoms with Crippen LogP contribution in [0.15, 0.2) is 54.6 Å². The molecule has 0 fully saturated rings. The van der Waals surface area contributed by atoms with Gasteiger partial charge in [-0.3, -0.25) is 9.59 Å². The van der Waals surface area contributed by atoms with Crippen molar-refractivity contribution in [1.29, 1.82) is 0 Å². The molecular formula is C27H34N2O4. The van der Waals surface area contributed by atoms with Crippen molar-refractivity contribution in [2.45, 2.75) is 58.9 Å². The van der Waals surface area contributed by atoms with Gasteiger partial charge in [-0.15, -0.1) is 0 Å². The lowest BCUT2D eigenvalue weighted by Crippen LogP contribution is -2.51. The number of fused-ring (bicyclic) bond motifs is 1. The molecule has 2 aromatic carbocycles. The molecule has 2 aromatic rings. The first-order valence-corrected chi connectivity index (χ1v) is 11.4. The Morgan fingerprint density at radius 3 is 2.27 bits per heavy atom. The summed E-state index contributed by atoms with van der Waals surface area (Å²) in [6.45, 7) is 8.97. The number of hydrogen-bond donors (Lipinski definition) is 3. The highest BCUT2D eigenvalue weighted by Crippen LogP contribution is 2.21. The SMILES string of the molecule is C[C@@H](NC(=O)[C@H](O)[C@@H](O)C(=O)N1CCc2ccccc2C1)c1ccc(C=CC(C)(C)C)cc1. The monoisotopic (exact) mass is 450 g/mol. The highest BCUT2D eigenvalue weighted by Gasteiger charge is 2.35. The zero-order chi connectivity index (χ0) is 24.2. The van der Waals surface area contributed by atoms with E-state index < -0.39 is 30.1 Å². The number of aliphatic hydroxyl groups is 2. The number of allylic oxidation sites excluding steroid dienone is 1. The number of aliphatic hydroxyl groups excluding tert-OH is 2. The Bertz CT molecular complexity index is 1010. The number of carbonyl (C=O) groups is 2. The minimum Gasteiger partial charge on any atom is -0.380 e. The summed E-state index contributed by atoms with van der Waals surface area (Å²) in [5.41, 5.74) is 4.18. The Morgan fingerprint density at radius 2 is 1.64 bits per heavy atom. The lowest BCUT2D eigenvalue weighted by atomic mass is 9.95. The molecule has 176 valence electrons. The van der Waals surface area contributed by atoms with Crippen LogP contribution in [0, 0.1) is 5.41 Å². The average Bonchev–Trinajstić information content (AvgIpc) is 2.80. The van der Waals surface area contributed by atoms with Gasteiger partial charge >= 0.3 is 0 Å². The van der Waals surface area contributed by atoms with Crippen molar-refractivity contribution in [3.8, 4) is 0 Å². The maximum atomic E-state index is 12.7. The van der Waals surface area contributed by atoms with Crippen LogP contribution >= 0.6 is 0 Å². The normalized spacial score (nSPS) is 16.7. The van der Waals surface area contributed by atoms with Crippen LogP contribution in [0.4, 0.5) is 0 Å². The summed E-state index contributed by atoms with van der Waals surface area (Å²) in [6, 6.07) is 15.2. The van der Waals surface area contributed by atoms with E-state index in [4.69, 9.17) is 0 Å². The molecule has 0 spiro atoms. The standard InChI is InChI=1S/C27H34N2O4/c1-18(20-11-9-19(10-12-20)13-15-27(2,3)4)28-25(32)23(30)24(31)26(33)29-16-14-21-7-5-6-8-22(21)17-29/h5-13,15,18,23-24,30-31H,14,16-17H2,1-4H3,(H,28,32)/t18-,23-,24-/m1/s1. The second kappa shape index (κ2) is 10.3. The quantitative estimate of drug-likeness (QED) is 0.630. The summed E-state index contributed by atoms with van der Waals surface area (Å²) in [5.74, 6) is -1.42. The van der Waals surface area contributed by atoms with E-state index in [0.29, 0.717) is 19.5 Å². The van der Waals surface area contributed by atoms with Crippen LogP contribution in [0.5, 0.6) is 0 Å². The Balaban J connectivity index is 1.57. The molecule has 3 N–H and O–H groups in total. The number of amides is 2. The van der Waals surface area contributed by atoms with Gasteiger partial charge in [0.2, 0.25) is 0 Å². The molecule has 0 saturated heterocycles. The van der Waals surface area contributed by atoms with Crippen LogP contribution in [0.1, 0.15) is 56.0 Å².